The van der Waals surface area contributed by atoms with Crippen LogP contribution < -0.4 is 0 Å². The molecule has 0 saturated heterocycles. The normalized spacial score (nSPS) is 11.6. The Labute approximate surface area is 306 Å². The number of hydrogen-bond donors (Lipinski definition) is 0. The molecule has 0 radical (unpaired) electrons. The van der Waals surface area contributed by atoms with Crippen molar-refractivity contribution in [1.82, 2.24) is 29.5 Å². The number of nitrogens with zero attached hydrogens (tertiary/aromatic N) is 6. The Kier molecular flexibility index (Phi) is 7.32. The van der Waals surface area contributed by atoms with Crippen molar-refractivity contribution in [3.63, 3.8) is 0 Å². The van der Waals surface area contributed by atoms with E-state index in [1.165, 1.54) is 0 Å². The molecule has 0 fully saturated rings. The lowest BCUT2D eigenvalue weighted by Crippen LogP contribution is -1.99. The van der Waals surface area contributed by atoms with Gasteiger partial charge in [0.1, 0.15) is 11.5 Å². The summed E-state index contributed by atoms with van der Waals surface area (Å²) < 4.78 is 2.28. The second kappa shape index (κ2) is 12.6. The van der Waals surface area contributed by atoms with Crippen molar-refractivity contribution in [2.24, 2.45) is 0 Å². The molecule has 53 heavy (non-hydrogen) atoms. The zero-order chi connectivity index (χ0) is 35.3. The predicted molar refractivity (Wildman–Crippen MR) is 216 cm³/mol. The van der Waals surface area contributed by atoms with Gasteiger partial charge in [-0.1, -0.05) is 128 Å². The number of para-hydroxylation sites is 3. The van der Waals surface area contributed by atoms with Crippen LogP contribution in [0.5, 0.6) is 0 Å². The van der Waals surface area contributed by atoms with Gasteiger partial charge in [0.25, 0.3) is 0 Å². The summed E-state index contributed by atoms with van der Waals surface area (Å²) in [6.07, 6.45) is 0.806. The fraction of sp³-hybridized carbons (Fsp3) is 0.0426. The quantitative estimate of drug-likeness (QED) is 0.164. The first-order valence-electron chi connectivity index (χ1n) is 17.9. The van der Waals surface area contributed by atoms with Gasteiger partial charge in [0.15, 0.2) is 5.82 Å². The average molecular weight is 681 g/mol. The number of rotatable bonds is 6. The van der Waals surface area contributed by atoms with E-state index in [0.717, 1.165) is 101 Å². The number of hydrogen-bond acceptors (Lipinski definition) is 5. The van der Waals surface area contributed by atoms with Crippen molar-refractivity contribution in [3.05, 3.63) is 170 Å². The van der Waals surface area contributed by atoms with Crippen molar-refractivity contribution in [3.8, 4) is 51.0 Å². The smallest absolute Gasteiger partial charge is 0.160 e. The zero-order valence-corrected chi connectivity index (χ0v) is 29.0. The molecule has 0 unspecified atom stereocenters. The minimum Gasteiger partial charge on any atom is -0.296 e. The van der Waals surface area contributed by atoms with Crippen molar-refractivity contribution >= 4 is 43.6 Å². The van der Waals surface area contributed by atoms with E-state index >= 15 is 0 Å². The molecular weight excluding hydrogens is 649 g/mol. The number of aryl methyl sites for hydroxylation is 1. The Morgan fingerprint density at radius 3 is 1.87 bits per heavy atom. The van der Waals surface area contributed by atoms with Crippen LogP contribution in [0.25, 0.3) is 94.6 Å². The van der Waals surface area contributed by atoms with Crippen LogP contribution in [0.2, 0.25) is 0 Å². The molecule has 0 spiro atoms. The second-order valence-electron chi connectivity index (χ2n) is 13.2. The maximum absolute atomic E-state index is 5.30. The largest absolute Gasteiger partial charge is 0.296 e. The summed E-state index contributed by atoms with van der Waals surface area (Å²) in [6, 6.07) is 56.2. The zero-order valence-electron chi connectivity index (χ0n) is 29.0. The van der Waals surface area contributed by atoms with Gasteiger partial charge in [-0.15, -0.1) is 0 Å². The first-order chi connectivity index (χ1) is 26.2. The molecule has 0 N–H and O–H groups in total. The first-order valence-corrected chi connectivity index (χ1v) is 17.9. The maximum Gasteiger partial charge on any atom is 0.160 e. The molecule has 10 rings (SSSR count). The highest BCUT2D eigenvalue weighted by Gasteiger charge is 2.20. The van der Waals surface area contributed by atoms with Crippen LogP contribution in [0.3, 0.4) is 0 Å². The minimum atomic E-state index is 0.680. The summed E-state index contributed by atoms with van der Waals surface area (Å²) in [5.41, 5.74) is 11.4. The molecule has 4 aromatic heterocycles. The number of benzene rings is 6. The summed E-state index contributed by atoms with van der Waals surface area (Å²) in [5.74, 6) is 1.70. The molecule has 10 aromatic rings. The molecule has 0 aliphatic carbocycles. The summed E-state index contributed by atoms with van der Waals surface area (Å²) in [6.45, 7) is 2.16. The molecule has 0 aliphatic rings. The summed E-state index contributed by atoms with van der Waals surface area (Å²) in [7, 11) is 0. The van der Waals surface area contributed by atoms with Gasteiger partial charge in [0.2, 0.25) is 0 Å². The summed E-state index contributed by atoms with van der Waals surface area (Å²) in [5, 5.41) is 4.28. The molecule has 6 aromatic carbocycles. The maximum atomic E-state index is 5.30. The van der Waals surface area contributed by atoms with Crippen LogP contribution in [0, 0.1) is 0 Å². The minimum absolute atomic E-state index is 0.680. The van der Waals surface area contributed by atoms with Crippen LogP contribution in [0.4, 0.5) is 0 Å². The van der Waals surface area contributed by atoms with Crippen molar-refractivity contribution in [2.75, 3.05) is 0 Å². The highest BCUT2D eigenvalue weighted by atomic mass is 15.1. The van der Waals surface area contributed by atoms with Gasteiger partial charge in [-0.25, -0.2) is 24.9 Å². The van der Waals surface area contributed by atoms with Crippen molar-refractivity contribution < 1.29 is 0 Å². The Balaban J connectivity index is 1.11. The molecule has 6 nitrogen and oxygen atoms in total. The van der Waals surface area contributed by atoms with E-state index in [-0.39, 0.29) is 0 Å². The Bertz CT molecular complexity index is 2970. The van der Waals surface area contributed by atoms with Gasteiger partial charge in [0, 0.05) is 45.0 Å². The number of aromatic nitrogens is 6. The second-order valence-corrected chi connectivity index (χ2v) is 13.2. The lowest BCUT2D eigenvalue weighted by Gasteiger charge is -2.13. The van der Waals surface area contributed by atoms with E-state index < -0.39 is 0 Å². The van der Waals surface area contributed by atoms with Crippen molar-refractivity contribution in [1.29, 1.82) is 0 Å². The van der Waals surface area contributed by atoms with Crippen molar-refractivity contribution in [2.45, 2.75) is 13.3 Å². The van der Waals surface area contributed by atoms with Crippen LogP contribution in [0.15, 0.2) is 164 Å². The van der Waals surface area contributed by atoms with Crippen LogP contribution in [-0.4, -0.2) is 29.5 Å². The van der Waals surface area contributed by atoms with Crippen LogP contribution in [0.1, 0.15) is 12.7 Å². The molecule has 6 heteroatoms. The molecule has 0 atom stereocenters. The van der Waals surface area contributed by atoms with Crippen LogP contribution >= 0.6 is 0 Å². The summed E-state index contributed by atoms with van der Waals surface area (Å²) >= 11 is 0. The third kappa shape index (κ3) is 5.23. The van der Waals surface area contributed by atoms with E-state index in [1.54, 1.807) is 0 Å². The molecule has 250 valence electrons. The Hall–Kier alpha value is -7.05. The average Bonchev–Trinajstić information content (AvgIpc) is 3.63. The molecular formula is C47H32N6. The van der Waals surface area contributed by atoms with E-state index in [0.29, 0.717) is 5.82 Å². The van der Waals surface area contributed by atoms with E-state index in [1.807, 2.05) is 72.8 Å². The highest BCUT2D eigenvalue weighted by Crippen LogP contribution is 2.39. The number of fused-ring (bicyclic) bond motifs is 6. The lowest BCUT2D eigenvalue weighted by molar-refractivity contribution is 0.908. The highest BCUT2D eigenvalue weighted by molar-refractivity contribution is 6.20. The first kappa shape index (κ1) is 30.7. The van der Waals surface area contributed by atoms with E-state index in [9.17, 15) is 0 Å². The van der Waals surface area contributed by atoms with Gasteiger partial charge in [-0.3, -0.25) is 4.57 Å². The van der Waals surface area contributed by atoms with Gasteiger partial charge in [-0.05, 0) is 47.9 Å². The van der Waals surface area contributed by atoms with Gasteiger partial charge >= 0.3 is 0 Å². The van der Waals surface area contributed by atoms with E-state index in [4.69, 9.17) is 24.9 Å². The number of imidazole rings is 1. The SMILES string of the molecule is CCc1nc2c3c(-c4ccc(-c5cccc(-c6nc(-c7ccccc7)nc7ccccc67)n5)cc4)nc4ccccc4c3ccc2n1-c1ccccc1. The van der Waals surface area contributed by atoms with Crippen LogP contribution in [-0.2, 0) is 6.42 Å². The Morgan fingerprint density at radius 1 is 0.434 bits per heavy atom. The van der Waals surface area contributed by atoms with E-state index in [2.05, 4.69) is 102 Å². The molecule has 0 aliphatic heterocycles. The Morgan fingerprint density at radius 2 is 1.09 bits per heavy atom. The third-order valence-corrected chi connectivity index (χ3v) is 9.97. The fourth-order valence-corrected chi connectivity index (χ4v) is 7.46. The number of pyridine rings is 2. The molecule has 0 saturated carbocycles. The predicted octanol–water partition coefficient (Wildman–Crippen LogP) is 11.3. The van der Waals surface area contributed by atoms with Gasteiger partial charge in [-0.2, -0.15) is 0 Å². The van der Waals surface area contributed by atoms with Gasteiger partial charge < -0.3 is 0 Å². The standard InChI is InChI=1S/C47H32N6/c1-2-42-51-46-41(53(42)33-16-7-4-8-17-33)29-28-35-34-18-9-11-20-38(34)49-44(43(35)46)31-26-24-30(25-27-31)37-22-13-23-40(48-37)45-36-19-10-12-21-39(36)50-47(52-45)32-14-5-3-6-15-32/h3-29H,2H2,1H3. The lowest BCUT2D eigenvalue weighted by atomic mass is 9.97. The molecule has 0 bridgehead atoms. The molecule has 0 amide bonds. The van der Waals surface area contributed by atoms with Gasteiger partial charge in [0.05, 0.1) is 39.1 Å². The monoisotopic (exact) mass is 680 g/mol. The summed E-state index contributed by atoms with van der Waals surface area (Å²) in [4.78, 5) is 25.7. The molecule has 4 heterocycles. The fourth-order valence-electron chi connectivity index (χ4n) is 7.46. The topological polar surface area (TPSA) is 69.4 Å². The third-order valence-electron chi connectivity index (χ3n) is 9.97.